The van der Waals surface area contributed by atoms with Crippen molar-refractivity contribution in [2.45, 2.75) is 52.0 Å². The molecule has 0 bridgehead atoms. The molecule has 3 aliphatic rings. The molecule has 3 saturated heterocycles. The minimum Gasteiger partial charge on any atom is -0.377 e. The summed E-state index contributed by atoms with van der Waals surface area (Å²) >= 11 is 1.36. The summed E-state index contributed by atoms with van der Waals surface area (Å²) in [6, 6.07) is 14.4. The fourth-order valence-corrected chi connectivity index (χ4v) is 8.82. The first-order valence-corrected chi connectivity index (χ1v) is 22.2. The van der Waals surface area contributed by atoms with Crippen LogP contribution in [0.2, 0.25) is 0 Å². The molecule has 0 aliphatic carbocycles. The van der Waals surface area contributed by atoms with Crippen LogP contribution in [0.15, 0.2) is 117 Å². The number of piperazine rings is 1. The highest BCUT2D eigenvalue weighted by molar-refractivity contribution is 7.98. The quantitative estimate of drug-likeness (QED) is 0.0646. The second-order valence-corrected chi connectivity index (χ2v) is 17.3. The number of allylic oxidation sites excluding steroid dienone is 4. The van der Waals surface area contributed by atoms with Crippen molar-refractivity contribution in [2.24, 2.45) is 5.92 Å². The van der Waals surface area contributed by atoms with Crippen LogP contribution in [0.3, 0.4) is 0 Å². The Morgan fingerprint density at radius 1 is 0.967 bits per heavy atom. The van der Waals surface area contributed by atoms with Gasteiger partial charge in [-0.1, -0.05) is 58.0 Å². The Labute approximate surface area is 366 Å². The van der Waals surface area contributed by atoms with Gasteiger partial charge in [0.25, 0.3) is 0 Å². The van der Waals surface area contributed by atoms with Gasteiger partial charge in [-0.25, -0.2) is 18.7 Å². The first-order chi connectivity index (χ1) is 29.5. The van der Waals surface area contributed by atoms with Gasteiger partial charge < -0.3 is 35.0 Å². The van der Waals surface area contributed by atoms with Gasteiger partial charge in [0, 0.05) is 133 Å². The van der Waals surface area contributed by atoms with Gasteiger partial charge in [0.05, 0.1) is 11.7 Å². The maximum atomic E-state index is 15.7. The number of H-pyrrole nitrogens is 1. The van der Waals surface area contributed by atoms with Gasteiger partial charge >= 0.3 is 0 Å². The SMILES string of the molecule is C=C/C(=C\c1c(C(=C)c2cccc(NSN(C)CC)c2F)c[nH]c1C)c1cnc(N2CCN(C(=C)CC3CCN(c4ccc(NC5CCC(=C)NC5=C)cc4)CC3)CC2)nc1. The summed E-state index contributed by atoms with van der Waals surface area (Å²) in [7, 11) is 1.95. The number of aromatic amines is 1. The van der Waals surface area contributed by atoms with Gasteiger partial charge in [0.15, 0.2) is 5.82 Å². The van der Waals surface area contributed by atoms with Crippen LogP contribution in [-0.4, -0.2) is 83.1 Å². The molecule has 2 aromatic carbocycles. The van der Waals surface area contributed by atoms with Crippen LogP contribution in [0.4, 0.5) is 27.4 Å². The van der Waals surface area contributed by atoms with E-state index in [2.05, 4.69) is 92.2 Å². The lowest BCUT2D eigenvalue weighted by atomic mass is 9.91. The van der Waals surface area contributed by atoms with Crippen LogP contribution in [0.5, 0.6) is 0 Å². The summed E-state index contributed by atoms with van der Waals surface area (Å²) in [5, 5.41) is 6.91. The lowest BCUT2D eigenvalue weighted by Crippen LogP contribution is -2.46. The summed E-state index contributed by atoms with van der Waals surface area (Å²) in [6.07, 6.45) is 14.8. The van der Waals surface area contributed by atoms with E-state index in [1.54, 1.807) is 18.2 Å². The Morgan fingerprint density at radius 2 is 1.69 bits per heavy atom. The van der Waals surface area contributed by atoms with Crippen molar-refractivity contribution in [3.05, 3.63) is 151 Å². The summed E-state index contributed by atoms with van der Waals surface area (Å²) < 4.78 is 20.9. The maximum absolute atomic E-state index is 15.7. The summed E-state index contributed by atoms with van der Waals surface area (Å²) in [5.41, 5.74) is 11.5. The van der Waals surface area contributed by atoms with E-state index in [1.165, 1.54) is 23.5 Å². The number of piperidine rings is 2. The zero-order valence-electron chi connectivity index (χ0n) is 36.1. The lowest BCUT2D eigenvalue weighted by molar-refractivity contribution is 0.284. The Morgan fingerprint density at radius 3 is 2.36 bits per heavy atom. The molecule has 1 atom stereocenters. The Bertz CT molecular complexity index is 2250. The zero-order chi connectivity index (χ0) is 43.0. The Hall–Kier alpha value is -5.72. The molecule has 10 nitrogen and oxygen atoms in total. The molecule has 320 valence electrons. The minimum atomic E-state index is -0.341. The number of hydrogen-bond acceptors (Lipinski definition) is 10. The molecular weight excluding hydrogens is 780 g/mol. The highest BCUT2D eigenvalue weighted by Gasteiger charge is 2.25. The standard InChI is InChI=1S/C49H61FN10S/c1-9-39(29-44-36(6)51-32-45(44)35(5)43-12-11-13-47(48(43)50)56-61-57(8)10-2)40-30-52-49(53-31-40)60-26-24-58(25-27-60)34(4)28-38-20-22-59(23-21-38)42-17-15-41(16-18-42)55-46-19-14-33(3)54-37(46)7/h9,11-13,15-18,29-32,38,46,51,54-56H,1,3-5,7,10,14,19-28H2,2,6,8H3/b39-29+. The number of aromatic nitrogens is 3. The van der Waals surface area contributed by atoms with E-state index in [0.717, 1.165) is 129 Å². The number of nitrogens with one attached hydrogen (secondary N) is 4. The topological polar surface area (TPSA) is 90.6 Å². The first kappa shape index (κ1) is 43.4. The van der Waals surface area contributed by atoms with Crippen LogP contribution in [0, 0.1) is 18.7 Å². The van der Waals surface area contributed by atoms with Crippen molar-refractivity contribution < 1.29 is 4.39 Å². The number of hydrogen-bond donors (Lipinski definition) is 4. The summed E-state index contributed by atoms with van der Waals surface area (Å²) in [5.74, 6) is 1.02. The molecule has 61 heavy (non-hydrogen) atoms. The fourth-order valence-electron chi connectivity index (χ4n) is 8.28. The van der Waals surface area contributed by atoms with Gasteiger partial charge in [-0.2, -0.15) is 0 Å². The number of rotatable bonds is 16. The largest absolute Gasteiger partial charge is 0.377 e. The monoisotopic (exact) mass is 840 g/mol. The van der Waals surface area contributed by atoms with E-state index in [4.69, 9.17) is 9.97 Å². The van der Waals surface area contributed by atoms with Gasteiger partial charge in [0.1, 0.15) is 0 Å². The van der Waals surface area contributed by atoms with Crippen LogP contribution in [0.25, 0.3) is 17.2 Å². The van der Waals surface area contributed by atoms with E-state index in [0.29, 0.717) is 22.7 Å². The zero-order valence-corrected chi connectivity index (χ0v) is 36.9. The minimum absolute atomic E-state index is 0.219. The van der Waals surface area contributed by atoms with Gasteiger partial charge in [-0.05, 0) is 99.5 Å². The number of nitrogens with zero attached hydrogens (tertiary/aromatic N) is 6. The highest BCUT2D eigenvalue weighted by Crippen LogP contribution is 2.35. The third-order valence-electron chi connectivity index (χ3n) is 12.2. The molecule has 7 rings (SSSR count). The fraction of sp³-hybridized carbons (Fsp3) is 0.347. The third-order valence-corrected chi connectivity index (χ3v) is 13.1. The number of halogens is 1. The van der Waals surface area contributed by atoms with Gasteiger partial charge in [-0.15, -0.1) is 0 Å². The van der Waals surface area contributed by atoms with Crippen LogP contribution >= 0.6 is 12.1 Å². The Kier molecular flexibility index (Phi) is 14.1. The van der Waals surface area contributed by atoms with E-state index < -0.39 is 0 Å². The molecule has 0 radical (unpaired) electrons. The summed E-state index contributed by atoms with van der Waals surface area (Å²) in [6.45, 7) is 31.6. The molecule has 4 aromatic rings. The van der Waals surface area contributed by atoms with Crippen LogP contribution in [-0.2, 0) is 0 Å². The molecule has 1 unspecified atom stereocenters. The van der Waals surface area contributed by atoms with E-state index in [-0.39, 0.29) is 11.9 Å². The molecule has 4 N–H and O–H groups in total. The normalized spacial score (nSPS) is 17.7. The van der Waals surface area contributed by atoms with Gasteiger partial charge in [-0.3, -0.25) is 0 Å². The van der Waals surface area contributed by atoms with Crippen molar-refractivity contribution in [3.63, 3.8) is 0 Å². The predicted octanol–water partition coefficient (Wildman–Crippen LogP) is 10.1. The molecule has 2 aromatic heterocycles. The van der Waals surface area contributed by atoms with Crippen LogP contribution in [0.1, 0.15) is 67.0 Å². The molecule has 0 spiro atoms. The molecule has 3 aliphatic heterocycles. The molecule has 0 saturated carbocycles. The highest BCUT2D eigenvalue weighted by atomic mass is 32.2. The molecule has 5 heterocycles. The van der Waals surface area contributed by atoms with Crippen molar-refractivity contribution >= 4 is 52.4 Å². The van der Waals surface area contributed by atoms with Crippen molar-refractivity contribution in [1.29, 1.82) is 0 Å². The third kappa shape index (κ3) is 10.4. The van der Waals surface area contributed by atoms with Crippen molar-refractivity contribution in [2.75, 3.05) is 72.7 Å². The lowest BCUT2D eigenvalue weighted by Gasteiger charge is -2.39. The Balaban J connectivity index is 0.892. The van der Waals surface area contributed by atoms with E-state index in [9.17, 15) is 0 Å². The second-order valence-electron chi connectivity index (χ2n) is 16.3. The molecule has 3 fully saturated rings. The first-order valence-electron chi connectivity index (χ1n) is 21.4. The van der Waals surface area contributed by atoms with Crippen LogP contribution < -0.4 is 25.2 Å². The van der Waals surface area contributed by atoms with Crippen molar-refractivity contribution in [3.8, 4) is 0 Å². The maximum Gasteiger partial charge on any atom is 0.225 e. The van der Waals surface area contributed by atoms with E-state index >= 15 is 4.39 Å². The molecule has 12 heteroatoms. The average Bonchev–Trinajstić information content (AvgIpc) is 3.65. The summed E-state index contributed by atoms with van der Waals surface area (Å²) in [4.78, 5) is 20.1. The number of benzene rings is 2. The second kappa shape index (κ2) is 19.8. The smallest absolute Gasteiger partial charge is 0.225 e. The molecule has 0 amide bonds. The average molecular weight is 841 g/mol. The van der Waals surface area contributed by atoms with Gasteiger partial charge in [0.2, 0.25) is 5.95 Å². The molecular formula is C49H61FN10S. The predicted molar refractivity (Wildman–Crippen MR) is 257 cm³/mol. The van der Waals surface area contributed by atoms with Crippen molar-refractivity contribution in [1.82, 2.24) is 29.5 Å². The van der Waals surface area contributed by atoms with E-state index in [1.807, 2.05) is 55.9 Å². The number of aryl methyl sites for hydroxylation is 1. The number of anilines is 4.